The fraction of sp³-hybridized carbons (Fsp3) is 0.206. The van der Waals surface area contributed by atoms with Crippen molar-refractivity contribution in [1.82, 2.24) is 0 Å². The summed E-state index contributed by atoms with van der Waals surface area (Å²) in [6.45, 7) is 3.06. The molecule has 0 saturated carbocycles. The number of carbonyl (C=O) groups excluding carboxylic acids is 1. The maximum atomic E-state index is 13.5. The van der Waals surface area contributed by atoms with E-state index in [4.69, 9.17) is 9.47 Å². The summed E-state index contributed by atoms with van der Waals surface area (Å²) in [6.07, 6.45) is 5.52. The van der Waals surface area contributed by atoms with Gasteiger partial charge in [-0.25, -0.2) is 0 Å². The molecule has 0 aromatic heterocycles. The van der Waals surface area contributed by atoms with Gasteiger partial charge in [0.25, 0.3) is 5.91 Å². The lowest BCUT2D eigenvalue weighted by atomic mass is 9.76. The summed E-state index contributed by atoms with van der Waals surface area (Å²) in [4.78, 5) is 13.5. The van der Waals surface area contributed by atoms with Gasteiger partial charge in [-0.1, -0.05) is 72.8 Å². The van der Waals surface area contributed by atoms with E-state index in [9.17, 15) is 4.79 Å². The Bertz CT molecular complexity index is 1480. The van der Waals surface area contributed by atoms with Gasteiger partial charge in [-0.05, 0) is 66.8 Å². The third-order valence-electron chi connectivity index (χ3n) is 7.56. The number of amides is 1. The zero-order valence-electron chi connectivity index (χ0n) is 22.0. The number of rotatable bonds is 8. The van der Waals surface area contributed by atoms with Gasteiger partial charge in [0.2, 0.25) is 0 Å². The molecule has 4 aromatic rings. The van der Waals surface area contributed by atoms with Crippen molar-refractivity contribution in [3.8, 4) is 11.5 Å². The Labute approximate surface area is 229 Å². The molecular formula is C34H32N2O3. The van der Waals surface area contributed by atoms with Crippen LogP contribution < -0.4 is 20.1 Å². The van der Waals surface area contributed by atoms with Gasteiger partial charge in [-0.2, -0.15) is 0 Å². The van der Waals surface area contributed by atoms with Crippen molar-refractivity contribution in [3.05, 3.63) is 131 Å². The van der Waals surface area contributed by atoms with E-state index in [0.717, 1.165) is 46.0 Å². The predicted octanol–water partition coefficient (Wildman–Crippen LogP) is 7.74. The van der Waals surface area contributed by atoms with Crippen LogP contribution in [0.4, 0.5) is 11.4 Å². The van der Waals surface area contributed by atoms with E-state index in [-0.39, 0.29) is 17.9 Å². The normalized spacial score (nSPS) is 18.9. The topological polar surface area (TPSA) is 59.6 Å². The average Bonchev–Trinajstić information content (AvgIpc) is 3.48. The van der Waals surface area contributed by atoms with E-state index in [0.29, 0.717) is 24.7 Å². The van der Waals surface area contributed by atoms with Crippen LogP contribution in [0.25, 0.3) is 0 Å². The maximum absolute atomic E-state index is 13.5. The Morgan fingerprint density at radius 2 is 1.64 bits per heavy atom. The second-order valence-corrected chi connectivity index (χ2v) is 9.97. The number of hydrogen-bond acceptors (Lipinski definition) is 4. The van der Waals surface area contributed by atoms with Gasteiger partial charge >= 0.3 is 0 Å². The predicted molar refractivity (Wildman–Crippen MR) is 156 cm³/mol. The van der Waals surface area contributed by atoms with Gasteiger partial charge in [-0.15, -0.1) is 0 Å². The average molecular weight is 517 g/mol. The molecule has 2 aliphatic rings. The second kappa shape index (κ2) is 11.1. The van der Waals surface area contributed by atoms with Crippen LogP contribution in [0.5, 0.6) is 11.5 Å². The lowest BCUT2D eigenvalue weighted by molar-refractivity contribution is 0.102. The van der Waals surface area contributed by atoms with Crippen LogP contribution in [0.15, 0.2) is 109 Å². The molecule has 1 amide bonds. The van der Waals surface area contributed by atoms with Gasteiger partial charge in [0.05, 0.1) is 23.9 Å². The fourth-order valence-corrected chi connectivity index (χ4v) is 5.72. The molecule has 1 heterocycles. The number of nitrogens with one attached hydrogen (secondary N) is 2. The maximum Gasteiger partial charge on any atom is 0.257 e. The Morgan fingerprint density at radius 1 is 0.872 bits per heavy atom. The number of anilines is 2. The number of benzene rings is 4. The first kappa shape index (κ1) is 24.8. The molecule has 0 spiro atoms. The van der Waals surface area contributed by atoms with Crippen LogP contribution in [-0.2, 0) is 6.61 Å². The van der Waals surface area contributed by atoms with Crippen molar-refractivity contribution >= 4 is 17.3 Å². The molecule has 39 heavy (non-hydrogen) atoms. The SMILES string of the molecule is CCOc1ccc(NC(=O)c2cccc3c2NC(c2ccccc2OCc2ccccc2)C2CC=CC32)cc1. The summed E-state index contributed by atoms with van der Waals surface area (Å²) in [6, 6.07) is 31.9. The molecule has 1 aliphatic carbocycles. The van der Waals surface area contributed by atoms with Crippen molar-refractivity contribution < 1.29 is 14.3 Å². The molecule has 3 atom stereocenters. The highest BCUT2D eigenvalue weighted by molar-refractivity contribution is 6.08. The van der Waals surface area contributed by atoms with Crippen molar-refractivity contribution in [2.45, 2.75) is 31.9 Å². The minimum absolute atomic E-state index is 0.00361. The van der Waals surface area contributed by atoms with E-state index in [1.54, 1.807) is 0 Å². The number of carbonyl (C=O) groups is 1. The molecule has 5 nitrogen and oxygen atoms in total. The lowest BCUT2D eigenvalue weighted by Crippen LogP contribution is -2.31. The van der Waals surface area contributed by atoms with Gasteiger partial charge in [0.1, 0.15) is 18.1 Å². The number of fused-ring (bicyclic) bond motifs is 3. The molecule has 0 bridgehead atoms. The first-order valence-electron chi connectivity index (χ1n) is 13.6. The Kier molecular flexibility index (Phi) is 7.05. The summed E-state index contributed by atoms with van der Waals surface area (Å²) in [5.74, 6) is 2.07. The minimum atomic E-state index is -0.142. The molecule has 6 rings (SSSR count). The van der Waals surface area contributed by atoms with Gasteiger partial charge in [0, 0.05) is 17.2 Å². The molecule has 2 N–H and O–H groups in total. The summed E-state index contributed by atoms with van der Waals surface area (Å²) in [7, 11) is 0. The minimum Gasteiger partial charge on any atom is -0.494 e. The Morgan fingerprint density at radius 3 is 2.46 bits per heavy atom. The van der Waals surface area contributed by atoms with Crippen LogP contribution in [0.2, 0.25) is 0 Å². The summed E-state index contributed by atoms with van der Waals surface area (Å²) in [5, 5.41) is 6.85. The van der Waals surface area contributed by atoms with Crippen LogP contribution in [0.3, 0.4) is 0 Å². The molecule has 4 aromatic carbocycles. The van der Waals surface area contributed by atoms with Crippen molar-refractivity contribution in [2.75, 3.05) is 17.2 Å². The zero-order chi connectivity index (χ0) is 26.6. The van der Waals surface area contributed by atoms with Crippen molar-refractivity contribution in [3.63, 3.8) is 0 Å². The van der Waals surface area contributed by atoms with E-state index in [1.807, 2.05) is 73.7 Å². The molecule has 0 saturated heterocycles. The largest absolute Gasteiger partial charge is 0.494 e. The number of ether oxygens (including phenoxy) is 2. The molecule has 3 unspecified atom stereocenters. The van der Waals surface area contributed by atoms with Crippen LogP contribution in [-0.4, -0.2) is 12.5 Å². The van der Waals surface area contributed by atoms with E-state index >= 15 is 0 Å². The number of hydrogen-bond donors (Lipinski definition) is 2. The Balaban J connectivity index is 1.29. The van der Waals surface area contributed by atoms with E-state index in [1.165, 1.54) is 0 Å². The molecular weight excluding hydrogens is 484 g/mol. The summed E-state index contributed by atoms with van der Waals surface area (Å²) < 4.78 is 11.9. The van der Waals surface area contributed by atoms with E-state index < -0.39 is 0 Å². The van der Waals surface area contributed by atoms with E-state index in [2.05, 4.69) is 53.1 Å². The highest BCUT2D eigenvalue weighted by Crippen LogP contribution is 2.52. The number of allylic oxidation sites excluding steroid dienone is 2. The van der Waals surface area contributed by atoms with Crippen LogP contribution in [0, 0.1) is 5.92 Å². The molecule has 0 fully saturated rings. The first-order valence-corrected chi connectivity index (χ1v) is 13.6. The number of para-hydroxylation sites is 2. The molecule has 0 radical (unpaired) electrons. The Hall–Kier alpha value is -4.51. The third-order valence-corrected chi connectivity index (χ3v) is 7.56. The van der Waals surface area contributed by atoms with Gasteiger partial charge in [0.15, 0.2) is 0 Å². The zero-order valence-corrected chi connectivity index (χ0v) is 22.0. The smallest absolute Gasteiger partial charge is 0.257 e. The highest BCUT2D eigenvalue weighted by Gasteiger charge is 2.40. The molecule has 1 aliphatic heterocycles. The molecule has 5 heteroatoms. The summed E-state index contributed by atoms with van der Waals surface area (Å²) in [5.41, 5.74) is 5.64. The second-order valence-electron chi connectivity index (χ2n) is 9.97. The first-order chi connectivity index (χ1) is 19.2. The standard InChI is InChI=1S/C34H32N2O3/c1-2-38-25-20-18-24(19-21-25)35-34(37)30-16-9-15-28-26-13-8-14-27(26)32(36-33(28)30)29-12-6-7-17-31(29)39-22-23-10-4-3-5-11-23/h3-13,15-21,26-27,32,36H,2,14,22H2,1H3,(H,35,37). The van der Waals surface area contributed by atoms with Crippen molar-refractivity contribution in [2.24, 2.45) is 5.92 Å². The fourth-order valence-electron chi connectivity index (χ4n) is 5.72. The van der Waals surface area contributed by atoms with Crippen LogP contribution in [0.1, 0.15) is 52.4 Å². The lowest BCUT2D eigenvalue weighted by Gasteiger charge is -2.38. The molecule has 196 valence electrons. The summed E-state index contributed by atoms with van der Waals surface area (Å²) >= 11 is 0. The van der Waals surface area contributed by atoms with Gasteiger partial charge < -0.3 is 20.1 Å². The van der Waals surface area contributed by atoms with Crippen LogP contribution >= 0.6 is 0 Å². The highest BCUT2D eigenvalue weighted by atomic mass is 16.5. The van der Waals surface area contributed by atoms with Gasteiger partial charge in [-0.3, -0.25) is 4.79 Å². The monoisotopic (exact) mass is 516 g/mol. The quantitative estimate of drug-likeness (QED) is 0.235. The third kappa shape index (κ3) is 5.13. The van der Waals surface area contributed by atoms with Crippen molar-refractivity contribution in [1.29, 1.82) is 0 Å².